The molecule has 7 heteroatoms. The first-order valence-electron chi connectivity index (χ1n) is 5.98. The van der Waals surface area contributed by atoms with E-state index in [2.05, 4.69) is 0 Å². The molecule has 1 heterocycles. The van der Waals surface area contributed by atoms with E-state index in [-0.39, 0.29) is 19.6 Å². The molecule has 1 aliphatic rings. The van der Waals surface area contributed by atoms with E-state index in [1.165, 1.54) is 7.11 Å². The zero-order valence-electron chi connectivity index (χ0n) is 11.6. The average molecular weight is 277 g/mol. The Morgan fingerprint density at radius 2 is 2.05 bits per heavy atom. The van der Waals surface area contributed by atoms with Crippen LogP contribution < -0.4 is 0 Å². The van der Waals surface area contributed by atoms with Gasteiger partial charge in [0.05, 0.1) is 13.2 Å². The number of amides is 1. The third-order valence-corrected chi connectivity index (χ3v) is 2.71. The van der Waals surface area contributed by atoms with E-state index in [1.807, 2.05) is 0 Å². The maximum Gasteiger partial charge on any atom is 0.411 e. The second-order valence-corrected chi connectivity index (χ2v) is 5.75. The van der Waals surface area contributed by atoms with Gasteiger partial charge in [-0.1, -0.05) is 0 Å². The number of carbonyl (C=O) groups excluding carboxylic acids is 1. The van der Waals surface area contributed by atoms with Crippen molar-refractivity contribution in [3.05, 3.63) is 0 Å². The number of halogens is 1. The van der Waals surface area contributed by atoms with Crippen LogP contribution in [0.25, 0.3) is 0 Å². The summed E-state index contributed by atoms with van der Waals surface area (Å²) in [7, 11) is 1.33. The van der Waals surface area contributed by atoms with Gasteiger partial charge in [-0.05, 0) is 20.8 Å². The van der Waals surface area contributed by atoms with E-state index in [0.717, 1.165) is 4.90 Å². The summed E-state index contributed by atoms with van der Waals surface area (Å²) in [5.41, 5.74) is -2.61. The van der Waals surface area contributed by atoms with Crippen LogP contribution in [0, 0.1) is 0 Å². The quantitative estimate of drug-likeness (QED) is 0.844. The lowest BCUT2D eigenvalue weighted by molar-refractivity contribution is -0.142. The molecule has 19 heavy (non-hydrogen) atoms. The molecule has 2 atom stereocenters. The summed E-state index contributed by atoms with van der Waals surface area (Å²) in [6.07, 6.45) is -1.12. The van der Waals surface area contributed by atoms with E-state index in [1.54, 1.807) is 20.8 Å². The summed E-state index contributed by atoms with van der Waals surface area (Å²) < 4.78 is 24.2. The van der Waals surface area contributed by atoms with Crippen molar-refractivity contribution in [3.63, 3.8) is 0 Å². The molecular weight excluding hydrogens is 257 g/mol. The molecule has 1 N–H and O–H groups in total. The van der Waals surface area contributed by atoms with Crippen molar-refractivity contribution in [2.45, 2.75) is 44.5 Å². The Morgan fingerprint density at radius 1 is 1.47 bits per heavy atom. The summed E-state index contributed by atoms with van der Waals surface area (Å²) in [4.78, 5) is 23.9. The Bertz CT molecular complexity index is 368. The van der Waals surface area contributed by atoms with E-state index in [4.69, 9.17) is 14.6 Å². The van der Waals surface area contributed by atoms with Crippen molar-refractivity contribution in [2.24, 2.45) is 0 Å². The van der Waals surface area contributed by atoms with Gasteiger partial charge in [0, 0.05) is 13.5 Å². The molecule has 0 aromatic heterocycles. The van der Waals surface area contributed by atoms with Crippen LogP contribution in [0.4, 0.5) is 9.18 Å². The smallest absolute Gasteiger partial charge is 0.411 e. The highest BCUT2D eigenvalue weighted by atomic mass is 19.1. The molecule has 0 aromatic carbocycles. The zero-order valence-corrected chi connectivity index (χ0v) is 11.6. The van der Waals surface area contributed by atoms with Crippen molar-refractivity contribution in [1.29, 1.82) is 0 Å². The van der Waals surface area contributed by atoms with Gasteiger partial charge in [-0.25, -0.2) is 14.0 Å². The van der Waals surface area contributed by atoms with Gasteiger partial charge in [0.25, 0.3) is 0 Å². The van der Waals surface area contributed by atoms with Gasteiger partial charge < -0.3 is 14.6 Å². The lowest BCUT2D eigenvalue weighted by atomic mass is 10.0. The summed E-state index contributed by atoms with van der Waals surface area (Å²) in [5.74, 6) is -1.25. The molecule has 1 saturated heterocycles. The Morgan fingerprint density at radius 3 is 2.47 bits per heavy atom. The van der Waals surface area contributed by atoms with Gasteiger partial charge in [0.2, 0.25) is 0 Å². The summed E-state index contributed by atoms with van der Waals surface area (Å²) in [5, 5.41) is 9.07. The van der Waals surface area contributed by atoms with Crippen LogP contribution >= 0.6 is 0 Å². The molecule has 0 aliphatic carbocycles. The predicted molar refractivity (Wildman–Crippen MR) is 64.7 cm³/mol. The molecule has 1 rings (SSSR count). The number of hydrogen-bond acceptors (Lipinski definition) is 4. The molecule has 0 bridgehead atoms. The standard InChI is InChI=1S/C12H20FNO5/c1-11(2,3)19-10(17)14-6-12(13,7-18-4)5-8(14)9(15)16/h8H,5-7H2,1-4H3,(H,15,16)/t8-,12-/m0/s1. The molecular formula is C12H20FNO5. The molecule has 1 fully saturated rings. The number of ether oxygens (including phenoxy) is 2. The van der Waals surface area contributed by atoms with Gasteiger partial charge in [-0.15, -0.1) is 0 Å². The first-order valence-corrected chi connectivity index (χ1v) is 5.98. The fourth-order valence-electron chi connectivity index (χ4n) is 2.03. The number of carboxylic acid groups (broad SMARTS) is 1. The molecule has 6 nitrogen and oxygen atoms in total. The Labute approximate surface area is 111 Å². The van der Waals surface area contributed by atoms with Crippen molar-refractivity contribution in [2.75, 3.05) is 20.3 Å². The third kappa shape index (κ3) is 4.05. The van der Waals surface area contributed by atoms with Crippen LogP contribution in [-0.4, -0.2) is 59.6 Å². The monoisotopic (exact) mass is 277 g/mol. The number of likely N-dealkylation sites (tertiary alicyclic amines) is 1. The zero-order chi connectivity index (χ0) is 14.8. The van der Waals surface area contributed by atoms with Crippen LogP contribution in [0.2, 0.25) is 0 Å². The molecule has 0 aromatic rings. The van der Waals surface area contributed by atoms with E-state index in [0.29, 0.717) is 0 Å². The molecule has 0 radical (unpaired) electrons. The number of carboxylic acids is 1. The van der Waals surface area contributed by atoms with Crippen LogP contribution in [0.15, 0.2) is 0 Å². The lowest BCUT2D eigenvalue weighted by Crippen LogP contribution is -2.44. The lowest BCUT2D eigenvalue weighted by Gasteiger charge is -2.27. The number of rotatable bonds is 3. The van der Waals surface area contributed by atoms with Crippen LogP contribution in [-0.2, 0) is 14.3 Å². The number of carbonyl (C=O) groups is 2. The SMILES string of the molecule is COC[C@]1(F)C[C@@H](C(=O)O)N(C(=O)OC(C)(C)C)C1. The minimum Gasteiger partial charge on any atom is -0.480 e. The van der Waals surface area contributed by atoms with Crippen molar-refractivity contribution >= 4 is 12.1 Å². The largest absolute Gasteiger partial charge is 0.480 e. The summed E-state index contributed by atoms with van der Waals surface area (Å²) >= 11 is 0. The maximum absolute atomic E-state index is 14.3. The predicted octanol–water partition coefficient (Wildman–Crippen LogP) is 1.44. The van der Waals surface area contributed by atoms with E-state index < -0.39 is 29.4 Å². The first kappa shape index (κ1) is 15.7. The molecule has 110 valence electrons. The van der Waals surface area contributed by atoms with Crippen LogP contribution in [0.5, 0.6) is 0 Å². The molecule has 1 amide bonds. The summed E-state index contributed by atoms with van der Waals surface area (Å²) in [6.45, 7) is 4.39. The number of nitrogens with zero attached hydrogens (tertiary/aromatic N) is 1. The molecule has 0 spiro atoms. The van der Waals surface area contributed by atoms with Gasteiger partial charge in [-0.3, -0.25) is 4.90 Å². The first-order chi connectivity index (χ1) is 8.58. The summed E-state index contributed by atoms with van der Waals surface area (Å²) in [6, 6.07) is -1.23. The Kier molecular flexibility index (Phi) is 4.39. The number of hydrogen-bond donors (Lipinski definition) is 1. The maximum atomic E-state index is 14.3. The second kappa shape index (κ2) is 5.32. The normalized spacial score (nSPS) is 27.4. The minimum atomic E-state index is -1.85. The fourth-order valence-corrected chi connectivity index (χ4v) is 2.03. The Hall–Kier alpha value is -1.37. The van der Waals surface area contributed by atoms with Crippen molar-refractivity contribution in [1.82, 2.24) is 4.90 Å². The second-order valence-electron chi connectivity index (χ2n) is 5.75. The topological polar surface area (TPSA) is 76.1 Å². The van der Waals surface area contributed by atoms with Gasteiger partial charge >= 0.3 is 12.1 Å². The third-order valence-electron chi connectivity index (χ3n) is 2.71. The minimum absolute atomic E-state index is 0.254. The van der Waals surface area contributed by atoms with Crippen LogP contribution in [0.1, 0.15) is 27.2 Å². The fraction of sp³-hybridized carbons (Fsp3) is 0.833. The van der Waals surface area contributed by atoms with Gasteiger partial charge in [0.15, 0.2) is 5.67 Å². The Balaban J connectivity index is 2.85. The van der Waals surface area contributed by atoms with E-state index in [9.17, 15) is 14.0 Å². The molecule has 0 unspecified atom stereocenters. The molecule has 1 aliphatic heterocycles. The van der Waals surface area contributed by atoms with Gasteiger partial charge in [0.1, 0.15) is 11.6 Å². The number of aliphatic carboxylic acids is 1. The highest BCUT2D eigenvalue weighted by molar-refractivity contribution is 5.81. The average Bonchev–Trinajstić information content (AvgIpc) is 2.54. The van der Waals surface area contributed by atoms with Crippen molar-refractivity contribution in [3.8, 4) is 0 Å². The highest BCUT2D eigenvalue weighted by Crippen LogP contribution is 2.32. The van der Waals surface area contributed by atoms with Crippen LogP contribution in [0.3, 0.4) is 0 Å². The van der Waals surface area contributed by atoms with Gasteiger partial charge in [-0.2, -0.15) is 0 Å². The molecule has 0 saturated carbocycles. The van der Waals surface area contributed by atoms with Crippen molar-refractivity contribution < 1.29 is 28.6 Å². The number of alkyl halides is 1. The number of methoxy groups -OCH3 is 1. The highest BCUT2D eigenvalue weighted by Gasteiger charge is 2.50. The van der Waals surface area contributed by atoms with E-state index >= 15 is 0 Å².